The zero-order valence-electron chi connectivity index (χ0n) is 14.9. The highest BCUT2D eigenvalue weighted by Crippen LogP contribution is 2.37. The van der Waals surface area contributed by atoms with Crippen LogP contribution in [0.2, 0.25) is 0 Å². The van der Waals surface area contributed by atoms with Gasteiger partial charge in [-0.25, -0.2) is 12.7 Å². The van der Waals surface area contributed by atoms with Gasteiger partial charge in [-0.15, -0.1) is 0 Å². The van der Waals surface area contributed by atoms with Crippen LogP contribution in [0.5, 0.6) is 0 Å². The molecule has 0 aromatic rings. The molecule has 1 atom stereocenters. The fourth-order valence-electron chi connectivity index (χ4n) is 2.42. The molecule has 8 heteroatoms. The maximum atomic E-state index is 11.7. The van der Waals surface area contributed by atoms with Gasteiger partial charge in [0, 0.05) is 31.4 Å². The van der Waals surface area contributed by atoms with Crippen LogP contribution >= 0.6 is 11.8 Å². The molecule has 0 aromatic heterocycles. The maximum absolute atomic E-state index is 11.7. The summed E-state index contributed by atoms with van der Waals surface area (Å²) in [5.74, 6) is 2.20. The summed E-state index contributed by atoms with van der Waals surface area (Å²) >= 11 is 2.01. The highest BCUT2D eigenvalue weighted by molar-refractivity contribution is 8.00. The fourth-order valence-corrected chi connectivity index (χ4v) is 4.49. The van der Waals surface area contributed by atoms with E-state index in [0.29, 0.717) is 13.1 Å². The van der Waals surface area contributed by atoms with Crippen LogP contribution in [-0.2, 0) is 10.0 Å². The van der Waals surface area contributed by atoms with E-state index >= 15 is 0 Å². The number of guanidine groups is 1. The fraction of sp³-hybridized carbons (Fsp3) is 0.933. The Morgan fingerprint density at radius 1 is 1.35 bits per heavy atom. The molecule has 0 aliphatic carbocycles. The van der Waals surface area contributed by atoms with Crippen molar-refractivity contribution < 1.29 is 8.42 Å². The van der Waals surface area contributed by atoms with Gasteiger partial charge >= 0.3 is 0 Å². The number of aliphatic imine (C=N–C) groups is 1. The molecular weight excluding hydrogens is 332 g/mol. The Hall–Kier alpha value is -0.470. The summed E-state index contributed by atoms with van der Waals surface area (Å²) in [7, 11) is -1.45. The minimum Gasteiger partial charge on any atom is -0.357 e. The van der Waals surface area contributed by atoms with E-state index in [1.54, 1.807) is 14.0 Å². The Balaban J connectivity index is 2.38. The lowest BCUT2D eigenvalue weighted by atomic mass is 10.1. The monoisotopic (exact) mass is 364 g/mol. The molecule has 1 saturated heterocycles. The van der Waals surface area contributed by atoms with Crippen LogP contribution in [0.4, 0.5) is 0 Å². The van der Waals surface area contributed by atoms with Crippen molar-refractivity contribution in [2.75, 3.05) is 44.7 Å². The molecule has 0 spiro atoms. The van der Waals surface area contributed by atoms with Crippen LogP contribution in [0.15, 0.2) is 4.99 Å². The van der Waals surface area contributed by atoms with Gasteiger partial charge in [0.1, 0.15) is 0 Å². The lowest BCUT2D eigenvalue weighted by Crippen LogP contribution is -2.40. The van der Waals surface area contributed by atoms with Gasteiger partial charge < -0.3 is 10.6 Å². The van der Waals surface area contributed by atoms with Crippen molar-refractivity contribution in [3.63, 3.8) is 0 Å². The van der Waals surface area contributed by atoms with Crippen molar-refractivity contribution in [1.29, 1.82) is 0 Å². The zero-order valence-corrected chi connectivity index (χ0v) is 16.5. The number of nitrogens with zero attached hydrogens (tertiary/aromatic N) is 2. The molecule has 1 unspecified atom stereocenters. The van der Waals surface area contributed by atoms with Gasteiger partial charge in [0.15, 0.2) is 5.96 Å². The molecule has 2 N–H and O–H groups in total. The summed E-state index contributed by atoms with van der Waals surface area (Å²) in [4.78, 5) is 4.69. The molecule has 0 aromatic carbocycles. The summed E-state index contributed by atoms with van der Waals surface area (Å²) in [5.41, 5.74) is 0. The van der Waals surface area contributed by atoms with Gasteiger partial charge in [-0.3, -0.25) is 4.99 Å². The second-order valence-electron chi connectivity index (χ2n) is 6.10. The summed E-state index contributed by atoms with van der Waals surface area (Å²) in [5, 5.41) is 6.55. The first-order valence-electron chi connectivity index (χ1n) is 8.43. The number of thioether (sulfide) groups is 1. The SMILES string of the molecule is CCNC(=NCC1(C)CCCS1)NCCCN(C)S(=O)(=O)CC. The molecule has 0 bridgehead atoms. The number of hydrogen-bond donors (Lipinski definition) is 2. The minimum atomic E-state index is -3.08. The molecule has 6 nitrogen and oxygen atoms in total. The Labute approximate surface area is 145 Å². The van der Waals surface area contributed by atoms with Gasteiger partial charge in [-0.1, -0.05) is 0 Å². The van der Waals surface area contributed by atoms with Crippen molar-refractivity contribution in [3.8, 4) is 0 Å². The molecule has 23 heavy (non-hydrogen) atoms. The van der Waals surface area contributed by atoms with E-state index in [-0.39, 0.29) is 10.5 Å². The normalized spacial score (nSPS) is 22.6. The van der Waals surface area contributed by atoms with Gasteiger partial charge in [0.05, 0.1) is 12.3 Å². The van der Waals surface area contributed by atoms with E-state index in [1.807, 2.05) is 18.7 Å². The van der Waals surface area contributed by atoms with Crippen LogP contribution in [0.3, 0.4) is 0 Å². The first kappa shape index (κ1) is 20.6. The Morgan fingerprint density at radius 2 is 2.09 bits per heavy atom. The lowest BCUT2D eigenvalue weighted by Gasteiger charge is -2.21. The first-order chi connectivity index (χ1) is 10.8. The molecule has 1 fully saturated rings. The third kappa shape index (κ3) is 7.30. The Morgan fingerprint density at radius 3 is 2.65 bits per heavy atom. The van der Waals surface area contributed by atoms with E-state index in [1.165, 1.54) is 22.9 Å². The van der Waals surface area contributed by atoms with Crippen LogP contribution in [-0.4, -0.2) is 68.2 Å². The second-order valence-corrected chi connectivity index (χ2v) is 10.1. The number of hydrogen-bond acceptors (Lipinski definition) is 4. The molecule has 0 saturated carbocycles. The van der Waals surface area contributed by atoms with Gasteiger partial charge in [-0.2, -0.15) is 11.8 Å². The lowest BCUT2D eigenvalue weighted by molar-refractivity contribution is 0.461. The maximum Gasteiger partial charge on any atom is 0.213 e. The van der Waals surface area contributed by atoms with Gasteiger partial charge in [-0.05, 0) is 45.8 Å². The smallest absolute Gasteiger partial charge is 0.213 e. The molecule has 0 amide bonds. The third-order valence-electron chi connectivity index (χ3n) is 4.00. The largest absolute Gasteiger partial charge is 0.357 e. The van der Waals surface area contributed by atoms with Crippen molar-refractivity contribution in [3.05, 3.63) is 0 Å². The van der Waals surface area contributed by atoms with Crippen molar-refractivity contribution in [2.45, 2.75) is 44.8 Å². The quantitative estimate of drug-likeness (QED) is 0.368. The predicted molar refractivity (Wildman–Crippen MR) is 101 cm³/mol. The van der Waals surface area contributed by atoms with Crippen molar-refractivity contribution in [1.82, 2.24) is 14.9 Å². The zero-order chi connectivity index (χ0) is 17.3. The van der Waals surface area contributed by atoms with Gasteiger partial charge in [0.2, 0.25) is 10.0 Å². The van der Waals surface area contributed by atoms with Crippen LogP contribution < -0.4 is 10.6 Å². The molecule has 1 aliphatic heterocycles. The topological polar surface area (TPSA) is 73.8 Å². The average Bonchev–Trinajstić information content (AvgIpc) is 2.95. The molecule has 1 aliphatic rings. The van der Waals surface area contributed by atoms with Gasteiger partial charge in [0.25, 0.3) is 0 Å². The average molecular weight is 365 g/mol. The molecule has 0 radical (unpaired) electrons. The van der Waals surface area contributed by atoms with E-state index in [0.717, 1.165) is 25.5 Å². The first-order valence-corrected chi connectivity index (χ1v) is 11.0. The Bertz CT molecular complexity index is 474. The number of nitrogens with one attached hydrogen (secondary N) is 2. The standard InChI is InChI=1S/C15H32N4O2S2/c1-5-16-14(18-13-15(3)9-7-12-22-15)17-10-8-11-19(4)23(20,21)6-2/h5-13H2,1-4H3,(H2,16,17,18). The van der Waals surface area contributed by atoms with Crippen LogP contribution in [0, 0.1) is 0 Å². The van der Waals surface area contributed by atoms with Crippen LogP contribution in [0.25, 0.3) is 0 Å². The Kier molecular flexibility index (Phi) is 8.71. The summed E-state index contributed by atoms with van der Waals surface area (Å²) in [6.07, 6.45) is 3.26. The highest BCUT2D eigenvalue weighted by Gasteiger charge is 2.29. The van der Waals surface area contributed by atoms with Crippen LogP contribution in [0.1, 0.15) is 40.0 Å². The molecule has 1 rings (SSSR count). The van der Waals surface area contributed by atoms with E-state index in [4.69, 9.17) is 4.99 Å². The second kappa shape index (κ2) is 9.74. The van der Waals surface area contributed by atoms with Crippen molar-refractivity contribution >= 4 is 27.7 Å². The summed E-state index contributed by atoms with van der Waals surface area (Å²) in [6.45, 7) is 8.86. The van der Waals surface area contributed by atoms with E-state index < -0.39 is 10.0 Å². The molecular formula is C15H32N4O2S2. The summed E-state index contributed by atoms with van der Waals surface area (Å²) in [6, 6.07) is 0. The summed E-state index contributed by atoms with van der Waals surface area (Å²) < 4.78 is 25.1. The number of rotatable bonds is 9. The van der Waals surface area contributed by atoms with E-state index in [2.05, 4.69) is 17.6 Å². The minimum absolute atomic E-state index is 0.150. The molecule has 1 heterocycles. The van der Waals surface area contributed by atoms with Crippen molar-refractivity contribution in [2.24, 2.45) is 4.99 Å². The highest BCUT2D eigenvalue weighted by atomic mass is 32.2. The molecule has 136 valence electrons. The predicted octanol–water partition coefficient (Wildman–Crippen LogP) is 1.50. The van der Waals surface area contributed by atoms with E-state index in [9.17, 15) is 8.42 Å². The number of sulfonamides is 1. The third-order valence-corrected chi connectivity index (χ3v) is 7.38.